The van der Waals surface area contributed by atoms with Crippen molar-refractivity contribution in [3.63, 3.8) is 0 Å². The fourth-order valence-electron chi connectivity index (χ4n) is 3.71. The highest BCUT2D eigenvalue weighted by atomic mass is 35.5. The molecule has 1 aromatic carbocycles. The number of ether oxygens (including phenoxy) is 1. The van der Waals surface area contributed by atoms with Gasteiger partial charge < -0.3 is 14.5 Å². The monoisotopic (exact) mass is 430 g/mol. The topological polar surface area (TPSA) is 54.7 Å². The minimum Gasteiger partial charge on any atom is -0.459 e. The summed E-state index contributed by atoms with van der Waals surface area (Å²) in [6.07, 6.45) is 1.50. The fraction of sp³-hybridized carbons (Fsp3) is 0.318. The molecule has 0 radical (unpaired) electrons. The lowest BCUT2D eigenvalue weighted by atomic mass is 9.94. The molecule has 1 fully saturated rings. The number of benzene rings is 1. The van der Waals surface area contributed by atoms with E-state index in [0.29, 0.717) is 19.0 Å². The first-order chi connectivity index (χ1) is 14.1. The number of furan rings is 1. The number of anilines is 1. The Bertz CT molecular complexity index is 994. The number of carbonyl (C=O) groups is 1. The first-order valence-electron chi connectivity index (χ1n) is 9.57. The number of nitrogens with one attached hydrogen (secondary N) is 1. The zero-order valence-corrected chi connectivity index (χ0v) is 18.0. The number of thiophene rings is 1. The average molecular weight is 431 g/mol. The van der Waals surface area contributed by atoms with Crippen LogP contribution in [0, 0.1) is 13.8 Å². The third-order valence-corrected chi connectivity index (χ3v) is 6.77. The van der Waals surface area contributed by atoms with E-state index >= 15 is 0 Å². The largest absolute Gasteiger partial charge is 0.459 e. The number of halogens is 1. The van der Waals surface area contributed by atoms with Crippen LogP contribution in [0.25, 0.3) is 0 Å². The first kappa shape index (κ1) is 20.2. The van der Waals surface area contributed by atoms with E-state index < -0.39 is 0 Å². The summed E-state index contributed by atoms with van der Waals surface area (Å²) >= 11 is 8.21. The van der Waals surface area contributed by atoms with Gasteiger partial charge in [-0.1, -0.05) is 29.8 Å². The molecule has 3 heterocycles. The summed E-state index contributed by atoms with van der Waals surface area (Å²) in [4.78, 5) is 16.2. The van der Waals surface area contributed by atoms with Crippen LogP contribution < -0.4 is 5.32 Å². The van der Waals surface area contributed by atoms with Gasteiger partial charge >= 0.3 is 0 Å². The van der Waals surface area contributed by atoms with E-state index in [2.05, 4.69) is 30.1 Å². The highest BCUT2D eigenvalue weighted by Gasteiger charge is 2.31. The molecule has 29 heavy (non-hydrogen) atoms. The molecule has 1 N–H and O–H groups in total. The second-order valence-electron chi connectivity index (χ2n) is 7.03. The lowest BCUT2D eigenvalue weighted by Gasteiger charge is -2.36. The predicted molar refractivity (Wildman–Crippen MR) is 116 cm³/mol. The SMILES string of the molecule is Cc1sc(NC(=O)c2ccco2)c([C@@H](c2ccccc2Cl)N2CCOCC2)c1C. The van der Waals surface area contributed by atoms with E-state index in [9.17, 15) is 4.79 Å². The number of amides is 1. The van der Waals surface area contributed by atoms with Gasteiger partial charge in [0.1, 0.15) is 5.00 Å². The molecule has 0 spiro atoms. The summed E-state index contributed by atoms with van der Waals surface area (Å²) in [7, 11) is 0. The molecule has 0 saturated carbocycles. The predicted octanol–water partition coefficient (Wildman–Crippen LogP) is 5.29. The number of hydrogen-bond donors (Lipinski definition) is 1. The molecule has 0 bridgehead atoms. The Morgan fingerprint density at radius 2 is 1.93 bits per heavy atom. The Morgan fingerprint density at radius 3 is 2.62 bits per heavy atom. The molecule has 1 aliphatic rings. The molecule has 1 saturated heterocycles. The van der Waals surface area contributed by atoms with E-state index in [1.807, 2.05) is 18.2 Å². The van der Waals surface area contributed by atoms with Crippen molar-refractivity contribution in [2.24, 2.45) is 0 Å². The van der Waals surface area contributed by atoms with E-state index in [1.54, 1.807) is 23.5 Å². The molecule has 1 aliphatic heterocycles. The van der Waals surface area contributed by atoms with Gasteiger partial charge in [0.15, 0.2) is 5.76 Å². The van der Waals surface area contributed by atoms with Crippen molar-refractivity contribution >= 4 is 33.8 Å². The quantitative estimate of drug-likeness (QED) is 0.597. The number of morpholine rings is 1. The highest BCUT2D eigenvalue weighted by Crippen LogP contribution is 2.44. The van der Waals surface area contributed by atoms with Crippen molar-refractivity contribution in [1.82, 2.24) is 4.90 Å². The van der Waals surface area contributed by atoms with Gasteiger partial charge in [0, 0.05) is 28.6 Å². The van der Waals surface area contributed by atoms with Gasteiger partial charge in [0.2, 0.25) is 0 Å². The molecule has 152 valence electrons. The molecular weight excluding hydrogens is 408 g/mol. The lowest BCUT2D eigenvalue weighted by molar-refractivity contribution is 0.0240. The molecule has 1 atom stereocenters. The number of aryl methyl sites for hydroxylation is 1. The van der Waals surface area contributed by atoms with Crippen LogP contribution >= 0.6 is 22.9 Å². The van der Waals surface area contributed by atoms with Gasteiger partial charge in [-0.2, -0.15) is 0 Å². The van der Waals surface area contributed by atoms with Crippen molar-refractivity contribution in [1.29, 1.82) is 0 Å². The van der Waals surface area contributed by atoms with Gasteiger partial charge in [-0.15, -0.1) is 11.3 Å². The van der Waals surface area contributed by atoms with Crippen LogP contribution in [0.3, 0.4) is 0 Å². The lowest BCUT2D eigenvalue weighted by Crippen LogP contribution is -2.40. The Hall–Kier alpha value is -2.12. The Kier molecular flexibility index (Phi) is 6.06. The van der Waals surface area contributed by atoms with Crippen LogP contribution in [0.1, 0.15) is 38.2 Å². The zero-order valence-electron chi connectivity index (χ0n) is 16.4. The van der Waals surface area contributed by atoms with Gasteiger partial charge in [0.25, 0.3) is 5.91 Å². The Morgan fingerprint density at radius 1 is 1.17 bits per heavy atom. The van der Waals surface area contributed by atoms with Crippen LogP contribution in [0.2, 0.25) is 5.02 Å². The maximum atomic E-state index is 12.7. The van der Waals surface area contributed by atoms with Crippen LogP contribution in [0.4, 0.5) is 5.00 Å². The minimum absolute atomic E-state index is 0.0653. The Labute approximate surface area is 179 Å². The molecular formula is C22H23ClN2O3S. The van der Waals surface area contributed by atoms with Gasteiger partial charge in [-0.05, 0) is 43.2 Å². The Balaban J connectivity index is 1.79. The first-order valence-corrected chi connectivity index (χ1v) is 10.8. The normalized spacial score (nSPS) is 16.0. The van der Waals surface area contributed by atoms with Crippen LogP contribution in [-0.2, 0) is 4.74 Å². The number of hydrogen-bond acceptors (Lipinski definition) is 5. The molecule has 0 aliphatic carbocycles. The third kappa shape index (κ3) is 4.12. The van der Waals surface area contributed by atoms with E-state index in [0.717, 1.165) is 34.2 Å². The number of carbonyl (C=O) groups excluding carboxylic acids is 1. The molecule has 2 aromatic heterocycles. The van der Waals surface area contributed by atoms with Crippen molar-refractivity contribution in [3.8, 4) is 0 Å². The highest BCUT2D eigenvalue weighted by molar-refractivity contribution is 7.16. The van der Waals surface area contributed by atoms with Gasteiger partial charge in [0.05, 0.1) is 25.5 Å². The van der Waals surface area contributed by atoms with Gasteiger partial charge in [-0.3, -0.25) is 9.69 Å². The number of rotatable bonds is 5. The van der Waals surface area contributed by atoms with Crippen molar-refractivity contribution in [2.45, 2.75) is 19.9 Å². The third-order valence-electron chi connectivity index (χ3n) is 5.29. The standard InChI is InChI=1S/C22H23ClN2O3S/c1-14-15(2)29-22(24-21(26)18-8-5-11-28-18)19(14)20(25-9-12-27-13-10-25)16-6-3-4-7-17(16)23/h3-8,11,20H,9-10,12-13H2,1-2H3,(H,24,26)/t20-/m1/s1. The molecule has 7 heteroatoms. The smallest absolute Gasteiger partial charge is 0.291 e. The minimum atomic E-state index is -0.252. The van der Waals surface area contributed by atoms with E-state index in [1.165, 1.54) is 16.7 Å². The van der Waals surface area contributed by atoms with Crippen molar-refractivity contribution in [3.05, 3.63) is 75.0 Å². The maximum absolute atomic E-state index is 12.7. The summed E-state index contributed by atoms with van der Waals surface area (Å²) in [6, 6.07) is 11.2. The summed E-state index contributed by atoms with van der Waals surface area (Å²) < 4.78 is 10.8. The summed E-state index contributed by atoms with van der Waals surface area (Å²) in [5, 5.41) is 4.62. The van der Waals surface area contributed by atoms with Crippen LogP contribution in [0.5, 0.6) is 0 Å². The molecule has 3 aromatic rings. The zero-order chi connectivity index (χ0) is 20.4. The summed E-state index contributed by atoms with van der Waals surface area (Å²) in [6.45, 7) is 7.14. The van der Waals surface area contributed by atoms with E-state index in [4.69, 9.17) is 20.8 Å². The molecule has 1 amide bonds. The van der Waals surface area contributed by atoms with Crippen molar-refractivity contribution in [2.75, 3.05) is 31.6 Å². The summed E-state index contributed by atoms with van der Waals surface area (Å²) in [5.41, 5.74) is 3.29. The second-order valence-corrected chi connectivity index (χ2v) is 8.66. The summed E-state index contributed by atoms with van der Waals surface area (Å²) in [5.74, 6) is 0.0395. The fourth-order valence-corrected chi connectivity index (χ4v) is 5.03. The molecule has 4 rings (SSSR count). The van der Waals surface area contributed by atoms with Crippen molar-refractivity contribution < 1.29 is 13.9 Å². The number of nitrogens with zero attached hydrogens (tertiary/aromatic N) is 1. The second kappa shape index (κ2) is 8.71. The average Bonchev–Trinajstić information content (AvgIpc) is 3.35. The van der Waals surface area contributed by atoms with Gasteiger partial charge in [-0.25, -0.2) is 0 Å². The molecule has 5 nitrogen and oxygen atoms in total. The van der Waals surface area contributed by atoms with E-state index in [-0.39, 0.29) is 11.9 Å². The van der Waals surface area contributed by atoms with Crippen LogP contribution in [0.15, 0.2) is 47.1 Å². The van der Waals surface area contributed by atoms with Crippen LogP contribution in [-0.4, -0.2) is 37.1 Å². The molecule has 0 unspecified atom stereocenters. The maximum Gasteiger partial charge on any atom is 0.291 e.